The van der Waals surface area contributed by atoms with E-state index in [-0.39, 0.29) is 17.4 Å². The van der Waals surface area contributed by atoms with Crippen LogP contribution in [0.2, 0.25) is 0 Å². The summed E-state index contributed by atoms with van der Waals surface area (Å²) < 4.78 is 19.0. The van der Waals surface area contributed by atoms with Crippen LogP contribution in [0.1, 0.15) is 18.4 Å². The van der Waals surface area contributed by atoms with Gasteiger partial charge in [-0.05, 0) is 25.0 Å². The third-order valence-electron chi connectivity index (χ3n) is 4.61. The maximum absolute atomic E-state index is 13.7. The Morgan fingerprint density at radius 2 is 1.91 bits per heavy atom. The van der Waals surface area contributed by atoms with Crippen molar-refractivity contribution in [1.82, 2.24) is 4.90 Å². The minimum atomic E-state index is -0.489. The van der Waals surface area contributed by atoms with E-state index in [4.69, 9.17) is 10.00 Å². The minimum Gasteiger partial charge on any atom is -0.378 e. The van der Waals surface area contributed by atoms with E-state index in [0.717, 1.165) is 12.8 Å². The molecule has 23 heavy (non-hydrogen) atoms. The predicted molar refractivity (Wildman–Crippen MR) is 83.5 cm³/mol. The van der Waals surface area contributed by atoms with Crippen LogP contribution in [-0.2, 0) is 9.53 Å². The molecule has 2 heterocycles. The van der Waals surface area contributed by atoms with E-state index >= 15 is 0 Å². The smallest absolute Gasteiger partial charge is 0.225 e. The second-order valence-electron chi connectivity index (χ2n) is 5.94. The molecule has 6 heteroatoms. The number of nitriles is 1. The molecule has 5 nitrogen and oxygen atoms in total. The molecule has 1 amide bonds. The van der Waals surface area contributed by atoms with Gasteiger partial charge in [-0.15, -0.1) is 0 Å². The Kier molecular flexibility index (Phi) is 4.77. The molecular formula is C17H20FN3O2. The molecular weight excluding hydrogens is 297 g/mol. The van der Waals surface area contributed by atoms with Gasteiger partial charge in [0.2, 0.25) is 5.91 Å². The van der Waals surface area contributed by atoms with Gasteiger partial charge in [0.05, 0.1) is 18.9 Å². The molecule has 2 saturated heterocycles. The number of hydrogen-bond donors (Lipinski definition) is 0. The summed E-state index contributed by atoms with van der Waals surface area (Å²) in [5, 5.41) is 9.15. The van der Waals surface area contributed by atoms with Gasteiger partial charge >= 0.3 is 0 Å². The van der Waals surface area contributed by atoms with Crippen LogP contribution in [0.25, 0.3) is 0 Å². The molecule has 0 N–H and O–H groups in total. The molecule has 1 aromatic carbocycles. The summed E-state index contributed by atoms with van der Waals surface area (Å²) in [5.74, 6) is -0.271. The first-order chi connectivity index (χ1) is 11.2. The Morgan fingerprint density at radius 1 is 1.22 bits per heavy atom. The van der Waals surface area contributed by atoms with E-state index in [1.807, 2.05) is 15.9 Å². The number of anilines is 1. The normalized spacial score (nSPS) is 19.5. The van der Waals surface area contributed by atoms with Crippen LogP contribution in [0, 0.1) is 23.1 Å². The summed E-state index contributed by atoms with van der Waals surface area (Å²) >= 11 is 0. The molecule has 0 aromatic heterocycles. The number of amides is 1. The van der Waals surface area contributed by atoms with Crippen LogP contribution in [0.4, 0.5) is 10.1 Å². The SMILES string of the molecule is N#Cc1c(F)cccc1N1CCC(C(=O)N2CCOCC2)CC1. The lowest BCUT2D eigenvalue weighted by Gasteiger charge is -2.36. The molecule has 0 radical (unpaired) electrons. The van der Waals surface area contributed by atoms with Crippen molar-refractivity contribution in [1.29, 1.82) is 5.26 Å². The van der Waals surface area contributed by atoms with Gasteiger partial charge in [-0.1, -0.05) is 6.07 Å². The van der Waals surface area contributed by atoms with Crippen LogP contribution in [0.15, 0.2) is 18.2 Å². The fraction of sp³-hybridized carbons (Fsp3) is 0.529. The van der Waals surface area contributed by atoms with Crippen molar-refractivity contribution < 1.29 is 13.9 Å². The first-order valence-corrected chi connectivity index (χ1v) is 8.01. The molecule has 3 rings (SSSR count). The Bertz CT molecular complexity index is 615. The number of nitrogens with zero attached hydrogens (tertiary/aromatic N) is 3. The second-order valence-corrected chi connectivity index (χ2v) is 5.94. The zero-order valence-electron chi connectivity index (χ0n) is 13.0. The summed E-state index contributed by atoms with van der Waals surface area (Å²) in [6.45, 7) is 3.89. The van der Waals surface area contributed by atoms with Crippen molar-refractivity contribution in [2.75, 3.05) is 44.3 Å². The van der Waals surface area contributed by atoms with Gasteiger partial charge in [-0.2, -0.15) is 5.26 Å². The zero-order chi connectivity index (χ0) is 16.2. The third-order valence-corrected chi connectivity index (χ3v) is 4.61. The number of ether oxygens (including phenoxy) is 1. The number of morpholine rings is 1. The van der Waals surface area contributed by atoms with Crippen molar-refractivity contribution in [2.24, 2.45) is 5.92 Å². The van der Waals surface area contributed by atoms with E-state index in [2.05, 4.69) is 0 Å². The van der Waals surface area contributed by atoms with E-state index in [0.29, 0.717) is 45.1 Å². The number of rotatable bonds is 2. The van der Waals surface area contributed by atoms with Crippen LogP contribution in [0.3, 0.4) is 0 Å². The quantitative estimate of drug-likeness (QED) is 0.834. The fourth-order valence-electron chi connectivity index (χ4n) is 3.30. The average Bonchev–Trinajstić information content (AvgIpc) is 2.62. The zero-order valence-corrected chi connectivity index (χ0v) is 13.0. The number of carbonyl (C=O) groups is 1. The highest BCUT2D eigenvalue weighted by Gasteiger charge is 2.30. The average molecular weight is 317 g/mol. The Labute approximate surface area is 135 Å². The van der Waals surface area contributed by atoms with E-state index in [9.17, 15) is 9.18 Å². The lowest BCUT2D eigenvalue weighted by molar-refractivity contribution is -0.140. The molecule has 0 atom stereocenters. The van der Waals surface area contributed by atoms with Gasteiger partial charge in [0.15, 0.2) is 0 Å². The van der Waals surface area contributed by atoms with E-state index in [1.165, 1.54) is 6.07 Å². The van der Waals surface area contributed by atoms with Crippen LogP contribution >= 0.6 is 0 Å². The first kappa shape index (κ1) is 15.8. The van der Waals surface area contributed by atoms with Crippen molar-refractivity contribution in [3.8, 4) is 6.07 Å². The van der Waals surface area contributed by atoms with Crippen LogP contribution in [-0.4, -0.2) is 50.2 Å². The minimum absolute atomic E-state index is 0.0171. The summed E-state index contributed by atoms with van der Waals surface area (Å²) in [6, 6.07) is 6.63. The Hall–Kier alpha value is -2.13. The lowest BCUT2D eigenvalue weighted by atomic mass is 9.94. The van der Waals surface area contributed by atoms with Crippen molar-refractivity contribution in [3.05, 3.63) is 29.6 Å². The van der Waals surface area contributed by atoms with Gasteiger partial charge in [0.25, 0.3) is 0 Å². The predicted octanol–water partition coefficient (Wildman–Crippen LogP) is 1.77. The number of carbonyl (C=O) groups excluding carboxylic acids is 1. The standard InChI is InChI=1S/C17H20FN3O2/c18-15-2-1-3-16(14(15)12-19)20-6-4-13(5-7-20)17(22)21-8-10-23-11-9-21/h1-3,13H,4-11H2. The molecule has 2 aliphatic rings. The molecule has 122 valence electrons. The van der Waals surface area contributed by atoms with Gasteiger partial charge < -0.3 is 14.5 Å². The topological polar surface area (TPSA) is 56.6 Å². The number of halogens is 1. The van der Waals surface area contributed by atoms with Gasteiger partial charge in [0.1, 0.15) is 17.4 Å². The summed E-state index contributed by atoms with van der Waals surface area (Å²) in [4.78, 5) is 16.4. The number of piperidine rings is 1. The van der Waals surface area contributed by atoms with Crippen molar-refractivity contribution >= 4 is 11.6 Å². The van der Waals surface area contributed by atoms with Gasteiger partial charge in [0, 0.05) is 32.1 Å². The number of benzene rings is 1. The lowest BCUT2D eigenvalue weighted by Crippen LogP contribution is -2.46. The molecule has 0 bridgehead atoms. The summed E-state index contributed by atoms with van der Waals surface area (Å²) in [5.41, 5.74) is 0.718. The maximum Gasteiger partial charge on any atom is 0.225 e. The van der Waals surface area contributed by atoms with Crippen LogP contribution < -0.4 is 4.90 Å². The fourth-order valence-corrected chi connectivity index (χ4v) is 3.30. The second kappa shape index (κ2) is 6.97. The third kappa shape index (κ3) is 3.30. The van der Waals surface area contributed by atoms with Gasteiger partial charge in [-0.25, -0.2) is 4.39 Å². The number of hydrogen-bond acceptors (Lipinski definition) is 4. The summed E-state index contributed by atoms with van der Waals surface area (Å²) in [6.07, 6.45) is 1.47. The molecule has 0 aliphatic carbocycles. The highest BCUT2D eigenvalue weighted by atomic mass is 19.1. The Morgan fingerprint density at radius 3 is 2.57 bits per heavy atom. The van der Waals surface area contributed by atoms with Gasteiger partial charge in [-0.3, -0.25) is 4.79 Å². The Balaban J connectivity index is 1.64. The first-order valence-electron chi connectivity index (χ1n) is 8.01. The maximum atomic E-state index is 13.7. The monoisotopic (exact) mass is 317 g/mol. The molecule has 0 spiro atoms. The summed E-state index contributed by atoms with van der Waals surface area (Å²) in [7, 11) is 0. The molecule has 0 unspecified atom stereocenters. The van der Waals surface area contributed by atoms with Crippen molar-refractivity contribution in [3.63, 3.8) is 0 Å². The molecule has 1 aromatic rings. The highest BCUT2D eigenvalue weighted by molar-refractivity contribution is 5.79. The van der Waals surface area contributed by atoms with Crippen LogP contribution in [0.5, 0.6) is 0 Å². The van der Waals surface area contributed by atoms with E-state index < -0.39 is 5.82 Å². The highest BCUT2D eigenvalue weighted by Crippen LogP contribution is 2.28. The molecule has 0 saturated carbocycles. The largest absolute Gasteiger partial charge is 0.378 e. The van der Waals surface area contributed by atoms with E-state index in [1.54, 1.807) is 12.1 Å². The molecule has 2 aliphatic heterocycles. The van der Waals surface area contributed by atoms with Crippen molar-refractivity contribution in [2.45, 2.75) is 12.8 Å². The molecule has 2 fully saturated rings.